The van der Waals surface area contributed by atoms with E-state index < -0.39 is 10.0 Å². The molecule has 0 spiro atoms. The Bertz CT molecular complexity index is 642. The van der Waals surface area contributed by atoms with Gasteiger partial charge in [0.2, 0.25) is 15.9 Å². The van der Waals surface area contributed by atoms with Crippen molar-refractivity contribution in [3.63, 3.8) is 0 Å². The standard InChI is InChI=1S/C16H26N2O5S/c1-5-18(6-2)24(20,21)14-8-7-13(3)15(11-14)17-16(19)12-23-10-9-22-4/h7-8,11H,5-6,9-10,12H2,1-4H3,(H,17,19). The van der Waals surface area contributed by atoms with Crippen LogP contribution in [0.2, 0.25) is 0 Å². The molecule has 0 fully saturated rings. The highest BCUT2D eigenvalue weighted by molar-refractivity contribution is 7.89. The molecule has 0 heterocycles. The first-order valence-corrected chi connectivity index (χ1v) is 9.28. The zero-order valence-electron chi connectivity index (χ0n) is 14.7. The third-order valence-electron chi connectivity index (χ3n) is 3.49. The van der Waals surface area contributed by atoms with Crippen molar-refractivity contribution >= 4 is 21.6 Å². The third kappa shape index (κ3) is 5.55. The normalized spacial score (nSPS) is 11.7. The number of methoxy groups -OCH3 is 1. The zero-order valence-corrected chi connectivity index (χ0v) is 15.5. The molecule has 24 heavy (non-hydrogen) atoms. The molecule has 1 aromatic rings. The van der Waals surface area contributed by atoms with Crippen molar-refractivity contribution in [2.45, 2.75) is 25.7 Å². The van der Waals surface area contributed by atoms with Crippen molar-refractivity contribution in [3.05, 3.63) is 23.8 Å². The maximum absolute atomic E-state index is 12.6. The number of anilines is 1. The Morgan fingerprint density at radius 2 is 1.88 bits per heavy atom. The van der Waals surface area contributed by atoms with Crippen LogP contribution in [0.5, 0.6) is 0 Å². The number of hydrogen-bond donors (Lipinski definition) is 1. The molecular weight excluding hydrogens is 332 g/mol. The molecule has 0 saturated heterocycles. The number of rotatable bonds is 10. The summed E-state index contributed by atoms with van der Waals surface area (Å²) in [5.41, 5.74) is 1.24. The first-order valence-electron chi connectivity index (χ1n) is 7.84. The highest BCUT2D eigenvalue weighted by Gasteiger charge is 2.22. The minimum absolute atomic E-state index is 0.115. The van der Waals surface area contributed by atoms with Crippen LogP contribution in [0.1, 0.15) is 19.4 Å². The average molecular weight is 358 g/mol. The molecule has 0 unspecified atom stereocenters. The van der Waals surface area contributed by atoms with Crippen LogP contribution in [-0.2, 0) is 24.3 Å². The summed E-state index contributed by atoms with van der Waals surface area (Å²) in [4.78, 5) is 12.1. The smallest absolute Gasteiger partial charge is 0.250 e. The van der Waals surface area contributed by atoms with Gasteiger partial charge in [0.05, 0.1) is 18.1 Å². The van der Waals surface area contributed by atoms with Crippen molar-refractivity contribution in [2.24, 2.45) is 0 Å². The van der Waals surface area contributed by atoms with Gasteiger partial charge in [0, 0.05) is 25.9 Å². The first kappa shape index (κ1) is 20.6. The summed E-state index contributed by atoms with van der Waals surface area (Å²) < 4.78 is 36.5. The minimum atomic E-state index is -3.57. The largest absolute Gasteiger partial charge is 0.382 e. The second-order valence-corrected chi connectivity index (χ2v) is 7.10. The van der Waals surface area contributed by atoms with Gasteiger partial charge in [0.25, 0.3) is 0 Å². The number of hydrogen-bond acceptors (Lipinski definition) is 5. The topological polar surface area (TPSA) is 84.9 Å². The van der Waals surface area contributed by atoms with E-state index >= 15 is 0 Å². The fraction of sp³-hybridized carbons (Fsp3) is 0.562. The first-order chi connectivity index (χ1) is 11.4. The summed E-state index contributed by atoms with van der Waals surface area (Å²) in [6.45, 7) is 6.77. The number of aryl methyl sites for hydroxylation is 1. The summed E-state index contributed by atoms with van der Waals surface area (Å²) in [7, 11) is -2.02. The number of carbonyl (C=O) groups is 1. The van der Waals surface area contributed by atoms with E-state index in [0.29, 0.717) is 32.0 Å². The molecule has 1 aromatic carbocycles. The number of benzene rings is 1. The summed E-state index contributed by atoms with van der Waals surface area (Å²) in [6.07, 6.45) is 0. The van der Waals surface area contributed by atoms with Gasteiger partial charge in [-0.1, -0.05) is 19.9 Å². The summed E-state index contributed by atoms with van der Waals surface area (Å²) >= 11 is 0. The lowest BCUT2D eigenvalue weighted by Crippen LogP contribution is -2.30. The van der Waals surface area contributed by atoms with E-state index in [0.717, 1.165) is 5.56 Å². The Labute approximate surface area is 144 Å². The van der Waals surface area contributed by atoms with Gasteiger partial charge in [0.1, 0.15) is 6.61 Å². The van der Waals surface area contributed by atoms with Gasteiger partial charge in [-0.3, -0.25) is 4.79 Å². The van der Waals surface area contributed by atoms with Gasteiger partial charge >= 0.3 is 0 Å². The molecule has 136 valence electrons. The Balaban J connectivity index is 2.88. The highest BCUT2D eigenvalue weighted by Crippen LogP contribution is 2.23. The van der Waals surface area contributed by atoms with Gasteiger partial charge in [-0.25, -0.2) is 8.42 Å². The van der Waals surface area contributed by atoms with E-state index in [1.807, 2.05) is 0 Å². The third-order valence-corrected chi connectivity index (χ3v) is 5.54. The molecule has 0 aliphatic rings. The average Bonchev–Trinajstić information content (AvgIpc) is 2.54. The maximum Gasteiger partial charge on any atom is 0.250 e. The molecule has 1 amide bonds. The minimum Gasteiger partial charge on any atom is -0.382 e. The number of nitrogens with one attached hydrogen (secondary N) is 1. The van der Waals surface area contributed by atoms with E-state index in [1.165, 1.54) is 10.4 Å². The number of nitrogens with zero attached hydrogens (tertiary/aromatic N) is 1. The molecule has 1 rings (SSSR count). The van der Waals surface area contributed by atoms with Crippen LogP contribution in [0.15, 0.2) is 23.1 Å². The maximum atomic E-state index is 12.6. The Hall–Kier alpha value is -1.48. The number of sulfonamides is 1. The van der Waals surface area contributed by atoms with E-state index in [-0.39, 0.29) is 17.4 Å². The predicted molar refractivity (Wildman–Crippen MR) is 92.6 cm³/mol. The Morgan fingerprint density at radius 3 is 2.46 bits per heavy atom. The number of carbonyl (C=O) groups excluding carboxylic acids is 1. The summed E-state index contributed by atoms with van der Waals surface area (Å²) in [5, 5.41) is 2.69. The van der Waals surface area contributed by atoms with Crippen molar-refractivity contribution in [1.82, 2.24) is 4.31 Å². The van der Waals surface area contributed by atoms with Gasteiger partial charge in [-0.15, -0.1) is 0 Å². The Kier molecular flexibility index (Phi) is 8.34. The number of amides is 1. The fourth-order valence-electron chi connectivity index (χ4n) is 2.10. The lowest BCUT2D eigenvalue weighted by Gasteiger charge is -2.19. The molecule has 0 aliphatic heterocycles. The number of ether oxygens (including phenoxy) is 2. The van der Waals surface area contributed by atoms with Crippen molar-refractivity contribution in [3.8, 4) is 0 Å². The van der Waals surface area contributed by atoms with Gasteiger partial charge in [0.15, 0.2) is 0 Å². The molecule has 0 atom stereocenters. The van der Waals surface area contributed by atoms with Crippen molar-refractivity contribution in [1.29, 1.82) is 0 Å². The van der Waals surface area contributed by atoms with Crippen molar-refractivity contribution in [2.75, 3.05) is 45.3 Å². The monoisotopic (exact) mass is 358 g/mol. The molecule has 1 N–H and O–H groups in total. The molecule has 7 nitrogen and oxygen atoms in total. The predicted octanol–water partition coefficient (Wildman–Crippen LogP) is 1.63. The van der Waals surface area contributed by atoms with Crippen LogP contribution in [0.3, 0.4) is 0 Å². The van der Waals surface area contributed by atoms with Gasteiger partial charge < -0.3 is 14.8 Å². The van der Waals surface area contributed by atoms with Crippen LogP contribution >= 0.6 is 0 Å². The molecule has 0 aliphatic carbocycles. The summed E-state index contributed by atoms with van der Waals surface area (Å²) in [5.74, 6) is -0.341. The SMILES string of the molecule is CCN(CC)S(=O)(=O)c1ccc(C)c(NC(=O)COCCOC)c1. The zero-order chi connectivity index (χ0) is 18.2. The second kappa shape index (κ2) is 9.73. The molecule has 0 bridgehead atoms. The van der Waals surface area contributed by atoms with Gasteiger partial charge in [-0.2, -0.15) is 4.31 Å². The molecule has 8 heteroatoms. The lowest BCUT2D eigenvalue weighted by atomic mass is 10.2. The highest BCUT2D eigenvalue weighted by atomic mass is 32.2. The van der Waals surface area contributed by atoms with Crippen LogP contribution < -0.4 is 5.32 Å². The van der Waals surface area contributed by atoms with E-state index in [4.69, 9.17) is 9.47 Å². The lowest BCUT2D eigenvalue weighted by molar-refractivity contribution is -0.121. The van der Waals surface area contributed by atoms with Gasteiger partial charge in [-0.05, 0) is 24.6 Å². The van der Waals surface area contributed by atoms with Crippen LogP contribution in [-0.4, -0.2) is 58.7 Å². The Morgan fingerprint density at radius 1 is 1.21 bits per heavy atom. The van der Waals surface area contributed by atoms with Crippen LogP contribution in [0.25, 0.3) is 0 Å². The molecular formula is C16H26N2O5S. The van der Waals surface area contributed by atoms with E-state index in [1.54, 1.807) is 40.0 Å². The molecule has 0 aromatic heterocycles. The summed E-state index contributed by atoms with van der Waals surface area (Å²) in [6, 6.07) is 4.71. The van der Waals surface area contributed by atoms with E-state index in [2.05, 4.69) is 5.32 Å². The quantitative estimate of drug-likeness (QED) is 0.643. The van der Waals surface area contributed by atoms with Crippen LogP contribution in [0.4, 0.5) is 5.69 Å². The fourth-order valence-corrected chi connectivity index (χ4v) is 3.59. The van der Waals surface area contributed by atoms with Crippen molar-refractivity contribution < 1.29 is 22.7 Å². The van der Waals surface area contributed by atoms with Crippen LogP contribution in [0, 0.1) is 6.92 Å². The second-order valence-electron chi connectivity index (χ2n) is 5.16. The molecule has 0 radical (unpaired) electrons. The van der Waals surface area contributed by atoms with E-state index in [9.17, 15) is 13.2 Å². The molecule has 0 saturated carbocycles.